The third-order valence-electron chi connectivity index (χ3n) is 4.27. The molecule has 0 amide bonds. The summed E-state index contributed by atoms with van der Waals surface area (Å²) in [4.78, 5) is 13.5. The van der Waals surface area contributed by atoms with E-state index >= 15 is 0 Å². The number of hydrogen-bond acceptors (Lipinski definition) is 2. The van der Waals surface area contributed by atoms with Gasteiger partial charge in [-0.25, -0.2) is 0 Å². The van der Waals surface area contributed by atoms with Gasteiger partial charge in [0.15, 0.2) is 0 Å². The van der Waals surface area contributed by atoms with Crippen molar-refractivity contribution in [3.05, 3.63) is 0 Å². The van der Waals surface area contributed by atoms with Crippen molar-refractivity contribution in [1.29, 1.82) is 0 Å². The lowest BCUT2D eigenvalue weighted by atomic mass is 9.80. The fraction of sp³-hybridized carbons (Fsp3) is 0.923. The van der Waals surface area contributed by atoms with Crippen LogP contribution in [0, 0.1) is 5.92 Å². The Hall–Kier alpha value is -0.570. The Morgan fingerprint density at radius 1 is 1.38 bits per heavy atom. The summed E-state index contributed by atoms with van der Waals surface area (Å²) >= 11 is 0. The Morgan fingerprint density at radius 3 is 2.44 bits per heavy atom. The van der Waals surface area contributed by atoms with Crippen molar-refractivity contribution in [2.24, 2.45) is 5.92 Å². The van der Waals surface area contributed by atoms with Gasteiger partial charge in [0.25, 0.3) is 0 Å². The molecule has 1 rings (SSSR count). The summed E-state index contributed by atoms with van der Waals surface area (Å²) < 4.78 is 0. The smallest absolute Gasteiger partial charge is 0.305 e. The minimum Gasteiger partial charge on any atom is -0.481 e. The van der Waals surface area contributed by atoms with Crippen LogP contribution in [0.25, 0.3) is 0 Å². The van der Waals surface area contributed by atoms with Crippen molar-refractivity contribution in [3.8, 4) is 0 Å². The summed E-state index contributed by atoms with van der Waals surface area (Å²) in [5, 5.41) is 9.17. The first-order chi connectivity index (χ1) is 7.60. The maximum Gasteiger partial charge on any atom is 0.305 e. The molecule has 1 aliphatic carbocycles. The van der Waals surface area contributed by atoms with Gasteiger partial charge in [-0.3, -0.25) is 9.69 Å². The SMILES string of the molecule is CCC1CCCC1(CC(=O)O)N(CC)CC. The highest BCUT2D eigenvalue weighted by Gasteiger charge is 2.46. The molecule has 2 atom stereocenters. The Balaban J connectivity index is 2.94. The first kappa shape index (κ1) is 13.5. The van der Waals surface area contributed by atoms with Crippen LogP contribution in [-0.2, 0) is 4.79 Å². The van der Waals surface area contributed by atoms with E-state index in [4.69, 9.17) is 5.11 Å². The molecule has 3 nitrogen and oxygen atoms in total. The summed E-state index contributed by atoms with van der Waals surface area (Å²) in [5.74, 6) is -0.0873. The molecule has 3 heteroatoms. The van der Waals surface area contributed by atoms with Gasteiger partial charge < -0.3 is 5.11 Å². The molecule has 1 aliphatic rings. The lowest BCUT2D eigenvalue weighted by Crippen LogP contribution is -2.52. The topological polar surface area (TPSA) is 40.5 Å². The van der Waals surface area contributed by atoms with Gasteiger partial charge in [-0.05, 0) is 31.8 Å². The second-order valence-electron chi connectivity index (χ2n) is 4.84. The molecule has 0 aromatic carbocycles. The quantitative estimate of drug-likeness (QED) is 0.758. The molecule has 0 bridgehead atoms. The number of aliphatic carboxylic acids is 1. The molecule has 16 heavy (non-hydrogen) atoms. The lowest BCUT2D eigenvalue weighted by molar-refractivity contribution is -0.141. The normalized spacial score (nSPS) is 29.9. The fourth-order valence-electron chi connectivity index (χ4n) is 3.59. The molecule has 94 valence electrons. The first-order valence-electron chi connectivity index (χ1n) is 6.57. The summed E-state index contributed by atoms with van der Waals surface area (Å²) in [6.45, 7) is 8.38. The highest BCUT2D eigenvalue weighted by atomic mass is 16.4. The molecule has 0 aliphatic heterocycles. The van der Waals surface area contributed by atoms with Gasteiger partial charge in [0.05, 0.1) is 6.42 Å². The highest BCUT2D eigenvalue weighted by molar-refractivity contribution is 5.68. The van der Waals surface area contributed by atoms with E-state index in [9.17, 15) is 4.79 Å². The van der Waals surface area contributed by atoms with Crippen molar-refractivity contribution < 1.29 is 9.90 Å². The molecule has 2 unspecified atom stereocenters. The van der Waals surface area contributed by atoms with Crippen LogP contribution in [0.3, 0.4) is 0 Å². The monoisotopic (exact) mass is 227 g/mol. The van der Waals surface area contributed by atoms with E-state index in [0.717, 1.165) is 25.9 Å². The van der Waals surface area contributed by atoms with E-state index in [1.165, 1.54) is 12.8 Å². The van der Waals surface area contributed by atoms with Crippen LogP contribution in [-0.4, -0.2) is 34.6 Å². The first-order valence-corrected chi connectivity index (χ1v) is 6.57. The van der Waals surface area contributed by atoms with E-state index in [2.05, 4.69) is 25.7 Å². The van der Waals surface area contributed by atoms with Crippen molar-refractivity contribution in [1.82, 2.24) is 4.90 Å². The predicted octanol–water partition coefficient (Wildman–Crippen LogP) is 2.75. The molecular weight excluding hydrogens is 202 g/mol. The maximum atomic E-state index is 11.1. The third kappa shape index (κ3) is 2.40. The van der Waals surface area contributed by atoms with Crippen LogP contribution >= 0.6 is 0 Å². The summed E-state index contributed by atoms with van der Waals surface area (Å²) in [6, 6.07) is 0. The molecule has 0 saturated heterocycles. The van der Waals surface area contributed by atoms with Crippen molar-refractivity contribution in [3.63, 3.8) is 0 Å². The molecule has 1 N–H and O–H groups in total. The van der Waals surface area contributed by atoms with Crippen molar-refractivity contribution >= 4 is 5.97 Å². The van der Waals surface area contributed by atoms with Crippen LogP contribution in [0.1, 0.15) is 52.9 Å². The average molecular weight is 227 g/mol. The molecule has 0 heterocycles. The minimum absolute atomic E-state index is 0.0654. The van der Waals surface area contributed by atoms with Gasteiger partial charge in [0.1, 0.15) is 0 Å². The second kappa shape index (κ2) is 5.67. The second-order valence-corrected chi connectivity index (χ2v) is 4.84. The van der Waals surface area contributed by atoms with Crippen LogP contribution < -0.4 is 0 Å². The fourth-order valence-corrected chi connectivity index (χ4v) is 3.59. The number of carboxylic acids is 1. The van der Waals surface area contributed by atoms with Gasteiger partial charge in [-0.2, -0.15) is 0 Å². The molecule has 0 aromatic rings. The summed E-state index contributed by atoms with van der Waals surface area (Å²) in [6.07, 6.45) is 4.85. The van der Waals surface area contributed by atoms with Gasteiger partial charge in [-0.15, -0.1) is 0 Å². The third-order valence-corrected chi connectivity index (χ3v) is 4.27. The number of carbonyl (C=O) groups is 1. The maximum absolute atomic E-state index is 11.1. The molecule has 0 spiro atoms. The van der Waals surface area contributed by atoms with E-state index < -0.39 is 5.97 Å². The van der Waals surface area contributed by atoms with E-state index in [-0.39, 0.29) is 5.54 Å². The Morgan fingerprint density at radius 2 is 2.00 bits per heavy atom. The van der Waals surface area contributed by atoms with Gasteiger partial charge >= 0.3 is 5.97 Å². The van der Waals surface area contributed by atoms with E-state index in [1.54, 1.807) is 0 Å². The lowest BCUT2D eigenvalue weighted by Gasteiger charge is -2.44. The average Bonchev–Trinajstić information content (AvgIpc) is 2.62. The highest BCUT2D eigenvalue weighted by Crippen LogP contribution is 2.44. The molecule has 0 radical (unpaired) electrons. The van der Waals surface area contributed by atoms with Gasteiger partial charge in [-0.1, -0.05) is 33.6 Å². The number of hydrogen-bond donors (Lipinski definition) is 1. The molecule has 0 aromatic heterocycles. The Kier molecular flexibility index (Phi) is 4.78. The van der Waals surface area contributed by atoms with Crippen LogP contribution in [0.2, 0.25) is 0 Å². The summed E-state index contributed by atoms with van der Waals surface area (Å²) in [5.41, 5.74) is -0.0654. The van der Waals surface area contributed by atoms with E-state index in [0.29, 0.717) is 12.3 Å². The van der Waals surface area contributed by atoms with Gasteiger partial charge in [0, 0.05) is 5.54 Å². The van der Waals surface area contributed by atoms with E-state index in [1.807, 2.05) is 0 Å². The van der Waals surface area contributed by atoms with Crippen LogP contribution in [0.4, 0.5) is 0 Å². The largest absolute Gasteiger partial charge is 0.481 e. The Labute approximate surface area is 98.8 Å². The Bertz CT molecular complexity index is 238. The standard InChI is InChI=1S/C13H25NO2/c1-4-11-8-7-9-13(11,10-12(15)16)14(5-2)6-3/h11H,4-10H2,1-3H3,(H,15,16). The zero-order valence-electron chi connectivity index (χ0n) is 10.8. The zero-order valence-corrected chi connectivity index (χ0v) is 10.8. The van der Waals surface area contributed by atoms with Crippen LogP contribution in [0.15, 0.2) is 0 Å². The minimum atomic E-state index is -0.646. The number of carboxylic acid groups (broad SMARTS) is 1. The molecule has 1 saturated carbocycles. The predicted molar refractivity (Wildman–Crippen MR) is 65.5 cm³/mol. The molecule has 1 fully saturated rings. The summed E-state index contributed by atoms with van der Waals surface area (Å²) in [7, 11) is 0. The molecular formula is C13H25NO2. The van der Waals surface area contributed by atoms with Crippen molar-refractivity contribution in [2.75, 3.05) is 13.1 Å². The number of rotatable bonds is 6. The number of nitrogens with zero attached hydrogens (tertiary/aromatic N) is 1. The van der Waals surface area contributed by atoms with Gasteiger partial charge in [0.2, 0.25) is 0 Å². The van der Waals surface area contributed by atoms with Crippen LogP contribution in [0.5, 0.6) is 0 Å². The van der Waals surface area contributed by atoms with Crippen molar-refractivity contribution in [2.45, 2.75) is 58.4 Å². The zero-order chi connectivity index (χ0) is 12.2.